The summed E-state index contributed by atoms with van der Waals surface area (Å²) in [6.45, 7) is 0.462. The Hall–Kier alpha value is -3.38. The number of nitrogens with zero attached hydrogens (tertiary/aromatic N) is 2. The second kappa shape index (κ2) is 7.93. The quantitative estimate of drug-likeness (QED) is 0.477. The molecule has 0 radical (unpaired) electrons. The van der Waals surface area contributed by atoms with Crippen LogP contribution in [0.25, 0.3) is 10.9 Å². The summed E-state index contributed by atoms with van der Waals surface area (Å²) in [5.41, 5.74) is 2.22. The summed E-state index contributed by atoms with van der Waals surface area (Å²) in [6.07, 6.45) is 1.50. The van der Waals surface area contributed by atoms with E-state index in [1.807, 2.05) is 18.2 Å². The Balaban J connectivity index is 1.65. The first-order valence-corrected chi connectivity index (χ1v) is 9.23. The number of carbonyl (C=O) groups is 1. The van der Waals surface area contributed by atoms with Crippen LogP contribution in [-0.4, -0.2) is 20.9 Å². The number of hydrogen-bond acceptors (Lipinski definition) is 3. The molecule has 4 rings (SSSR count). The summed E-state index contributed by atoms with van der Waals surface area (Å²) in [4.78, 5) is 11.4. The number of hydrogen-bond donors (Lipinski definition) is 1. The Morgan fingerprint density at radius 3 is 2.72 bits per heavy atom. The molecule has 0 saturated heterocycles. The molecule has 0 atom stereocenters. The fourth-order valence-electron chi connectivity index (χ4n) is 3.16. The van der Waals surface area contributed by atoms with Crippen LogP contribution in [0.4, 0.5) is 4.39 Å². The fourth-order valence-corrected chi connectivity index (χ4v) is 3.35. The molecule has 0 unspecified atom stereocenters. The van der Waals surface area contributed by atoms with Crippen molar-refractivity contribution in [2.75, 3.05) is 0 Å². The van der Waals surface area contributed by atoms with E-state index in [4.69, 9.17) is 16.3 Å². The number of carboxylic acids is 1. The van der Waals surface area contributed by atoms with Gasteiger partial charge < -0.3 is 9.84 Å². The van der Waals surface area contributed by atoms with Gasteiger partial charge in [0.05, 0.1) is 23.8 Å². The Morgan fingerprint density at radius 1 is 1.10 bits per heavy atom. The van der Waals surface area contributed by atoms with E-state index in [2.05, 4.69) is 5.10 Å². The van der Waals surface area contributed by atoms with E-state index in [0.717, 1.165) is 5.56 Å². The lowest BCUT2D eigenvalue weighted by atomic mass is 10.1. The lowest BCUT2D eigenvalue weighted by molar-refractivity contribution is 0.0699. The van der Waals surface area contributed by atoms with Gasteiger partial charge in [0.25, 0.3) is 0 Å². The van der Waals surface area contributed by atoms with Gasteiger partial charge in [0.2, 0.25) is 0 Å². The summed E-state index contributed by atoms with van der Waals surface area (Å²) in [6, 6.07) is 16.6. The normalized spacial score (nSPS) is 11.0. The molecule has 0 fully saturated rings. The van der Waals surface area contributed by atoms with Gasteiger partial charge in [-0.3, -0.25) is 4.68 Å². The minimum atomic E-state index is -1.02. The van der Waals surface area contributed by atoms with Gasteiger partial charge >= 0.3 is 5.97 Å². The van der Waals surface area contributed by atoms with Crippen LogP contribution in [0.3, 0.4) is 0 Å². The summed E-state index contributed by atoms with van der Waals surface area (Å²) in [5, 5.41) is 14.8. The van der Waals surface area contributed by atoms with Gasteiger partial charge in [0.15, 0.2) is 0 Å². The van der Waals surface area contributed by atoms with Crippen LogP contribution >= 0.6 is 11.6 Å². The fraction of sp³-hybridized carbons (Fsp3) is 0.0909. The van der Waals surface area contributed by atoms with E-state index in [1.54, 1.807) is 28.9 Å². The third-order valence-corrected chi connectivity index (χ3v) is 4.97. The molecule has 3 aromatic carbocycles. The van der Waals surface area contributed by atoms with Crippen molar-refractivity contribution in [2.45, 2.75) is 13.2 Å². The second-order valence-corrected chi connectivity index (χ2v) is 6.89. The Morgan fingerprint density at radius 2 is 1.93 bits per heavy atom. The van der Waals surface area contributed by atoms with Crippen LogP contribution in [-0.2, 0) is 13.2 Å². The molecule has 0 aliphatic carbocycles. The summed E-state index contributed by atoms with van der Waals surface area (Å²) >= 11 is 6.17. The number of ether oxygens (including phenoxy) is 1. The average molecular weight is 411 g/mol. The molecule has 1 N–H and O–H groups in total. The number of benzene rings is 3. The number of carboxylic acid groups (broad SMARTS) is 1. The van der Waals surface area contributed by atoms with Crippen molar-refractivity contribution in [2.24, 2.45) is 0 Å². The van der Waals surface area contributed by atoms with Gasteiger partial charge in [0, 0.05) is 21.5 Å². The van der Waals surface area contributed by atoms with Crippen molar-refractivity contribution >= 4 is 28.5 Å². The molecule has 29 heavy (non-hydrogen) atoms. The van der Waals surface area contributed by atoms with Gasteiger partial charge in [0.1, 0.15) is 18.2 Å². The molecule has 7 heteroatoms. The van der Waals surface area contributed by atoms with Crippen LogP contribution in [0.15, 0.2) is 66.9 Å². The third kappa shape index (κ3) is 3.93. The van der Waals surface area contributed by atoms with Gasteiger partial charge in [-0.25, -0.2) is 9.18 Å². The highest BCUT2D eigenvalue weighted by atomic mass is 35.5. The van der Waals surface area contributed by atoms with E-state index in [-0.39, 0.29) is 18.7 Å². The first-order chi connectivity index (χ1) is 14.0. The molecule has 0 saturated carbocycles. The first-order valence-electron chi connectivity index (χ1n) is 8.85. The van der Waals surface area contributed by atoms with E-state index in [1.165, 1.54) is 24.4 Å². The number of halogens is 2. The largest absolute Gasteiger partial charge is 0.488 e. The lowest BCUT2D eigenvalue weighted by Gasteiger charge is -2.13. The zero-order valence-electron chi connectivity index (χ0n) is 15.2. The molecule has 146 valence electrons. The second-order valence-electron chi connectivity index (χ2n) is 6.48. The molecule has 0 aliphatic heterocycles. The molecule has 1 aromatic heterocycles. The molecular weight excluding hydrogens is 395 g/mol. The molecule has 4 aromatic rings. The minimum Gasteiger partial charge on any atom is -0.488 e. The highest BCUT2D eigenvalue weighted by molar-refractivity contribution is 6.31. The van der Waals surface area contributed by atoms with Crippen molar-refractivity contribution in [3.8, 4) is 5.75 Å². The van der Waals surface area contributed by atoms with Crippen molar-refractivity contribution in [1.29, 1.82) is 0 Å². The zero-order chi connectivity index (χ0) is 20.4. The predicted molar refractivity (Wildman–Crippen MR) is 108 cm³/mol. The van der Waals surface area contributed by atoms with Crippen molar-refractivity contribution in [3.63, 3.8) is 0 Å². The van der Waals surface area contributed by atoms with Crippen LogP contribution < -0.4 is 4.74 Å². The smallest absolute Gasteiger partial charge is 0.336 e. The maximum Gasteiger partial charge on any atom is 0.336 e. The zero-order valence-corrected chi connectivity index (χ0v) is 15.9. The van der Waals surface area contributed by atoms with Crippen molar-refractivity contribution < 1.29 is 19.0 Å². The Kier molecular flexibility index (Phi) is 5.18. The minimum absolute atomic E-state index is 0.170. The summed E-state index contributed by atoms with van der Waals surface area (Å²) < 4.78 is 21.4. The number of aromatic carboxylic acids is 1. The number of rotatable bonds is 6. The van der Waals surface area contributed by atoms with Gasteiger partial charge in [-0.1, -0.05) is 35.9 Å². The predicted octanol–water partition coefficient (Wildman–Crippen LogP) is 5.15. The summed E-state index contributed by atoms with van der Waals surface area (Å²) in [7, 11) is 0. The third-order valence-electron chi connectivity index (χ3n) is 4.60. The molecule has 0 spiro atoms. The highest BCUT2D eigenvalue weighted by Crippen LogP contribution is 2.26. The topological polar surface area (TPSA) is 64.3 Å². The number of aromatic nitrogens is 2. The highest BCUT2D eigenvalue weighted by Gasteiger charge is 2.14. The van der Waals surface area contributed by atoms with Crippen LogP contribution in [0.1, 0.15) is 21.5 Å². The standard InChI is InChI=1S/C22H16ClFN2O3/c23-19-6-2-1-4-14(19)13-29-21-9-8-16(24)10-15(21)12-26-20-7-3-5-17(22(27)28)18(20)11-25-26/h1-11H,12-13H2,(H,27,28). The molecule has 1 heterocycles. The monoisotopic (exact) mass is 410 g/mol. The molecule has 0 aliphatic rings. The van der Waals surface area contributed by atoms with Crippen molar-refractivity contribution in [3.05, 3.63) is 94.4 Å². The average Bonchev–Trinajstić information content (AvgIpc) is 3.11. The van der Waals surface area contributed by atoms with E-state index < -0.39 is 11.8 Å². The van der Waals surface area contributed by atoms with E-state index >= 15 is 0 Å². The lowest BCUT2D eigenvalue weighted by Crippen LogP contribution is -2.06. The molecular formula is C22H16ClFN2O3. The van der Waals surface area contributed by atoms with Crippen LogP contribution in [0.5, 0.6) is 5.75 Å². The molecule has 5 nitrogen and oxygen atoms in total. The van der Waals surface area contributed by atoms with Gasteiger partial charge in [-0.2, -0.15) is 5.10 Å². The maximum absolute atomic E-state index is 13.9. The van der Waals surface area contributed by atoms with Gasteiger partial charge in [-0.05, 0) is 36.4 Å². The maximum atomic E-state index is 13.9. The first kappa shape index (κ1) is 19.0. The SMILES string of the molecule is O=C(O)c1cccc2c1cnn2Cc1cc(F)ccc1OCc1ccccc1Cl. The van der Waals surface area contributed by atoms with Crippen LogP contribution in [0, 0.1) is 5.82 Å². The van der Waals surface area contributed by atoms with Crippen molar-refractivity contribution in [1.82, 2.24) is 9.78 Å². The molecule has 0 bridgehead atoms. The Labute approximate surface area is 170 Å². The molecule has 0 amide bonds. The van der Waals surface area contributed by atoms with E-state index in [9.17, 15) is 14.3 Å². The Bertz CT molecular complexity index is 1210. The summed E-state index contributed by atoms with van der Waals surface area (Å²) in [5.74, 6) is -0.915. The van der Waals surface area contributed by atoms with E-state index in [0.29, 0.717) is 27.2 Å². The van der Waals surface area contributed by atoms with Gasteiger partial charge in [-0.15, -0.1) is 0 Å². The van der Waals surface area contributed by atoms with Crippen LogP contribution in [0.2, 0.25) is 5.02 Å². The number of fused-ring (bicyclic) bond motifs is 1.